The van der Waals surface area contributed by atoms with Crippen molar-refractivity contribution in [1.29, 1.82) is 0 Å². The van der Waals surface area contributed by atoms with Crippen LogP contribution in [0.5, 0.6) is 5.75 Å². The fraction of sp³-hybridized carbons (Fsp3) is 0.148. The quantitative estimate of drug-likeness (QED) is 0.122. The second kappa shape index (κ2) is 11.5. The van der Waals surface area contributed by atoms with Gasteiger partial charge in [-0.15, -0.1) is 10.2 Å². The fourth-order valence-corrected chi connectivity index (χ4v) is 6.29. The predicted molar refractivity (Wildman–Crippen MR) is 155 cm³/mol. The van der Waals surface area contributed by atoms with E-state index in [1.807, 2.05) is 0 Å². The van der Waals surface area contributed by atoms with Crippen LogP contribution in [-0.4, -0.2) is 38.9 Å². The lowest BCUT2D eigenvalue weighted by atomic mass is 10.1. The topological polar surface area (TPSA) is 192 Å². The number of benzene rings is 4. The number of hydrogen-bond acceptors (Lipinski definition) is 9. The number of nitrogens with two attached hydrogens (primary N) is 1. The molecule has 0 radical (unpaired) electrons. The maximum Gasteiger partial charge on any atom is 0.294 e. The molecular formula is C27H27N5O7S2. The first-order chi connectivity index (χ1) is 19.3. The number of nitrogen functional groups attached to an aromatic ring is 1. The summed E-state index contributed by atoms with van der Waals surface area (Å²) in [6.45, 7) is 3.51. The molecule has 0 atom stereocenters. The van der Waals surface area contributed by atoms with Crippen molar-refractivity contribution in [2.45, 2.75) is 30.2 Å². The van der Waals surface area contributed by atoms with Crippen LogP contribution >= 0.6 is 0 Å². The number of nitrogens with one attached hydrogen (secondary N) is 1. The SMILES string of the molecule is CCN(c1ccc(CNC(C)=O)cc1)S(=O)(=O)c1ccccc1N=Nc1c(N)ccc2cc(S(=O)(=O)O)cc(O)c12. The van der Waals surface area contributed by atoms with Crippen molar-refractivity contribution in [2.75, 3.05) is 16.6 Å². The lowest BCUT2D eigenvalue weighted by Crippen LogP contribution is -2.30. The first kappa shape index (κ1) is 29.5. The van der Waals surface area contributed by atoms with Gasteiger partial charge in [0, 0.05) is 26.1 Å². The number of nitrogens with zero attached hydrogens (tertiary/aromatic N) is 3. The van der Waals surface area contributed by atoms with E-state index >= 15 is 0 Å². The Morgan fingerprint density at radius 1 is 0.976 bits per heavy atom. The van der Waals surface area contributed by atoms with Crippen LogP contribution in [0, 0.1) is 0 Å². The van der Waals surface area contributed by atoms with Gasteiger partial charge in [0.25, 0.3) is 20.1 Å². The molecule has 214 valence electrons. The summed E-state index contributed by atoms with van der Waals surface area (Å²) < 4.78 is 61.3. The molecule has 14 heteroatoms. The van der Waals surface area contributed by atoms with Crippen LogP contribution in [0.1, 0.15) is 19.4 Å². The molecule has 4 rings (SSSR count). The summed E-state index contributed by atoms with van der Waals surface area (Å²) in [6, 6.07) is 17.6. The highest BCUT2D eigenvalue weighted by Crippen LogP contribution is 2.41. The highest BCUT2D eigenvalue weighted by molar-refractivity contribution is 7.93. The number of sulfonamides is 1. The molecule has 0 unspecified atom stereocenters. The Kier molecular flexibility index (Phi) is 8.28. The minimum absolute atomic E-state index is 0.00122. The third-order valence-electron chi connectivity index (χ3n) is 6.12. The summed E-state index contributed by atoms with van der Waals surface area (Å²) in [5.41, 5.74) is 7.36. The monoisotopic (exact) mass is 597 g/mol. The van der Waals surface area contributed by atoms with Gasteiger partial charge in [0.05, 0.1) is 21.7 Å². The molecule has 41 heavy (non-hydrogen) atoms. The Bertz CT molecular complexity index is 1870. The van der Waals surface area contributed by atoms with Crippen molar-refractivity contribution >= 4 is 59.6 Å². The number of hydrogen-bond donors (Lipinski definition) is 4. The largest absolute Gasteiger partial charge is 0.507 e. The van der Waals surface area contributed by atoms with Crippen molar-refractivity contribution in [3.8, 4) is 5.75 Å². The van der Waals surface area contributed by atoms with E-state index in [0.29, 0.717) is 12.2 Å². The number of phenols is 1. The smallest absolute Gasteiger partial charge is 0.294 e. The third-order valence-corrected chi connectivity index (χ3v) is 8.90. The van der Waals surface area contributed by atoms with E-state index in [2.05, 4.69) is 15.5 Å². The number of rotatable bonds is 9. The van der Waals surface area contributed by atoms with E-state index in [4.69, 9.17) is 5.73 Å². The number of anilines is 2. The summed E-state index contributed by atoms with van der Waals surface area (Å²) in [6.07, 6.45) is 0. The molecule has 0 bridgehead atoms. The van der Waals surface area contributed by atoms with Crippen LogP contribution in [0.15, 0.2) is 92.8 Å². The Morgan fingerprint density at radius 2 is 1.66 bits per heavy atom. The molecule has 12 nitrogen and oxygen atoms in total. The van der Waals surface area contributed by atoms with Gasteiger partial charge >= 0.3 is 0 Å². The number of carbonyl (C=O) groups is 1. The minimum atomic E-state index is -4.59. The molecule has 0 aliphatic carbocycles. The zero-order valence-electron chi connectivity index (χ0n) is 22.0. The summed E-state index contributed by atoms with van der Waals surface area (Å²) >= 11 is 0. The van der Waals surface area contributed by atoms with E-state index in [1.165, 1.54) is 35.5 Å². The number of azo groups is 1. The molecule has 0 heterocycles. The van der Waals surface area contributed by atoms with E-state index in [-0.39, 0.29) is 45.2 Å². The minimum Gasteiger partial charge on any atom is -0.507 e. The van der Waals surface area contributed by atoms with Gasteiger partial charge in [0.15, 0.2) is 0 Å². The van der Waals surface area contributed by atoms with Gasteiger partial charge < -0.3 is 16.2 Å². The van der Waals surface area contributed by atoms with E-state index in [0.717, 1.165) is 17.7 Å². The number of amides is 1. The maximum absolute atomic E-state index is 13.8. The highest BCUT2D eigenvalue weighted by atomic mass is 32.2. The molecule has 5 N–H and O–H groups in total. The molecule has 0 spiro atoms. The van der Waals surface area contributed by atoms with Crippen molar-refractivity contribution < 1.29 is 31.3 Å². The molecule has 4 aromatic rings. The number of aromatic hydroxyl groups is 1. The molecule has 0 fully saturated rings. The second-order valence-corrected chi connectivity index (χ2v) is 12.2. The van der Waals surface area contributed by atoms with Crippen molar-refractivity contribution in [1.82, 2.24) is 5.32 Å². The third kappa shape index (κ3) is 6.29. The van der Waals surface area contributed by atoms with Crippen LogP contribution in [0.3, 0.4) is 0 Å². The summed E-state index contributed by atoms with van der Waals surface area (Å²) in [7, 11) is -8.72. The summed E-state index contributed by atoms with van der Waals surface area (Å²) in [5.74, 6) is -0.697. The Labute approximate surface area is 236 Å². The van der Waals surface area contributed by atoms with Crippen LogP contribution in [0.4, 0.5) is 22.7 Å². The molecule has 0 saturated carbocycles. The molecule has 0 aliphatic heterocycles. The first-order valence-electron chi connectivity index (χ1n) is 12.2. The molecule has 0 aromatic heterocycles. The van der Waals surface area contributed by atoms with Gasteiger partial charge in [-0.05, 0) is 54.3 Å². The van der Waals surface area contributed by atoms with Gasteiger partial charge in [0.2, 0.25) is 5.91 Å². The zero-order chi connectivity index (χ0) is 29.9. The fourth-order valence-electron chi connectivity index (χ4n) is 4.15. The summed E-state index contributed by atoms with van der Waals surface area (Å²) in [4.78, 5) is 10.5. The lowest BCUT2D eigenvalue weighted by molar-refractivity contribution is -0.119. The predicted octanol–water partition coefficient (Wildman–Crippen LogP) is 4.64. The normalized spacial score (nSPS) is 12.1. The standard InChI is InChI=1S/C27H27N5O7S2/c1-3-32(20-11-8-18(9-12-20)16-29-17(2)33)40(35,36)25-7-5-4-6-23(25)30-31-27-22(28)13-10-19-14-21(41(37,38)39)15-24(34)26(19)27/h4-15,34H,3,16,28H2,1-2H3,(H,29,33)(H,37,38,39). The van der Waals surface area contributed by atoms with E-state index in [9.17, 15) is 31.3 Å². The number of phenolic OH excluding ortho intramolecular Hbond substituents is 1. The van der Waals surface area contributed by atoms with Crippen molar-refractivity contribution in [2.24, 2.45) is 10.2 Å². The lowest BCUT2D eigenvalue weighted by Gasteiger charge is -2.23. The van der Waals surface area contributed by atoms with E-state index in [1.54, 1.807) is 43.3 Å². The maximum atomic E-state index is 13.8. The van der Waals surface area contributed by atoms with Crippen LogP contribution in [0.2, 0.25) is 0 Å². The number of carbonyl (C=O) groups excluding carboxylic acids is 1. The molecule has 4 aromatic carbocycles. The molecular weight excluding hydrogens is 570 g/mol. The Morgan fingerprint density at radius 3 is 2.29 bits per heavy atom. The second-order valence-electron chi connectivity index (χ2n) is 8.93. The van der Waals surface area contributed by atoms with Gasteiger partial charge in [0.1, 0.15) is 22.0 Å². The summed E-state index contributed by atoms with van der Waals surface area (Å²) in [5, 5.41) is 21.8. The zero-order valence-corrected chi connectivity index (χ0v) is 23.6. The van der Waals surface area contributed by atoms with Gasteiger partial charge in [-0.3, -0.25) is 13.7 Å². The highest BCUT2D eigenvalue weighted by Gasteiger charge is 2.27. The van der Waals surface area contributed by atoms with Crippen LogP contribution < -0.4 is 15.4 Å². The first-order valence-corrected chi connectivity index (χ1v) is 15.1. The van der Waals surface area contributed by atoms with Gasteiger partial charge in [-0.2, -0.15) is 8.42 Å². The van der Waals surface area contributed by atoms with Gasteiger partial charge in [-0.1, -0.05) is 30.3 Å². The average molecular weight is 598 g/mol. The Balaban J connectivity index is 1.74. The van der Waals surface area contributed by atoms with Crippen LogP contribution in [0.25, 0.3) is 10.8 Å². The average Bonchev–Trinajstić information content (AvgIpc) is 2.92. The molecule has 0 saturated heterocycles. The molecule has 0 aliphatic rings. The molecule has 1 amide bonds. The van der Waals surface area contributed by atoms with Crippen molar-refractivity contribution in [3.05, 3.63) is 78.4 Å². The van der Waals surface area contributed by atoms with Crippen molar-refractivity contribution in [3.63, 3.8) is 0 Å². The number of fused-ring (bicyclic) bond motifs is 1. The Hall–Kier alpha value is -4.53. The van der Waals surface area contributed by atoms with E-state index < -0.39 is 30.8 Å². The van der Waals surface area contributed by atoms with Crippen LogP contribution in [-0.2, 0) is 31.5 Å². The van der Waals surface area contributed by atoms with Gasteiger partial charge in [-0.25, -0.2) is 8.42 Å².